The Kier molecular flexibility index (Phi) is 4.69. The van der Waals surface area contributed by atoms with Crippen LogP contribution in [-0.2, 0) is 11.3 Å². The van der Waals surface area contributed by atoms with Gasteiger partial charge in [-0.05, 0) is 35.7 Å². The third-order valence-corrected chi connectivity index (χ3v) is 5.62. The van der Waals surface area contributed by atoms with E-state index in [0.717, 1.165) is 55.9 Å². The predicted octanol–water partition coefficient (Wildman–Crippen LogP) is 2.34. The fourth-order valence-electron chi connectivity index (χ4n) is 3.91. The van der Waals surface area contributed by atoms with Crippen LogP contribution in [0.15, 0.2) is 10.7 Å². The first kappa shape index (κ1) is 15.5. The minimum absolute atomic E-state index is 0.154. The molecular weight excluding hydrogens is 334 g/mol. The van der Waals surface area contributed by atoms with Gasteiger partial charge in [-0.25, -0.2) is 0 Å². The van der Waals surface area contributed by atoms with Gasteiger partial charge >= 0.3 is 0 Å². The minimum Gasteiger partial charge on any atom is -0.385 e. The van der Waals surface area contributed by atoms with Gasteiger partial charge in [0.1, 0.15) is 6.10 Å². The lowest BCUT2D eigenvalue weighted by Crippen LogP contribution is -2.55. The molecule has 1 atom stereocenters. The Morgan fingerprint density at radius 1 is 1.38 bits per heavy atom. The van der Waals surface area contributed by atoms with Gasteiger partial charge in [-0.2, -0.15) is 5.10 Å². The summed E-state index contributed by atoms with van der Waals surface area (Å²) in [5.41, 5.74) is 0.769. The molecule has 1 aliphatic heterocycles. The van der Waals surface area contributed by atoms with Gasteiger partial charge < -0.3 is 9.84 Å². The second kappa shape index (κ2) is 6.36. The molecule has 0 bridgehead atoms. The largest absolute Gasteiger partial charge is 0.385 e. The molecule has 0 amide bonds. The summed E-state index contributed by atoms with van der Waals surface area (Å²) in [6.07, 6.45) is 5.77. The summed E-state index contributed by atoms with van der Waals surface area (Å²) >= 11 is 3.57. The van der Waals surface area contributed by atoms with Gasteiger partial charge in [0.2, 0.25) is 0 Å². The molecule has 0 radical (unpaired) electrons. The molecule has 2 fully saturated rings. The first-order valence-electron chi connectivity index (χ1n) is 7.91. The second-order valence-corrected chi connectivity index (χ2v) is 6.86. The van der Waals surface area contributed by atoms with Gasteiger partial charge in [-0.1, -0.05) is 12.8 Å². The molecule has 118 valence electrons. The van der Waals surface area contributed by atoms with E-state index in [1.165, 1.54) is 12.8 Å². The molecule has 1 aliphatic carbocycles. The number of aromatic nitrogens is 2. The molecule has 1 aromatic heterocycles. The summed E-state index contributed by atoms with van der Waals surface area (Å²) in [6, 6.07) is 0. The van der Waals surface area contributed by atoms with E-state index in [9.17, 15) is 5.11 Å². The fourth-order valence-corrected chi connectivity index (χ4v) is 4.42. The maximum atomic E-state index is 11.2. The van der Waals surface area contributed by atoms with Crippen molar-refractivity contribution < 1.29 is 9.84 Å². The van der Waals surface area contributed by atoms with Crippen LogP contribution in [0.3, 0.4) is 0 Å². The molecule has 0 spiro atoms. The SMILES string of the molecule is CCn1ncc(Br)c1C(O)C1(N2CCOCC2)CCCC1. The van der Waals surface area contributed by atoms with E-state index in [1.807, 2.05) is 4.68 Å². The van der Waals surface area contributed by atoms with Crippen molar-refractivity contribution in [3.63, 3.8) is 0 Å². The van der Waals surface area contributed by atoms with Crippen LogP contribution in [0.5, 0.6) is 0 Å². The van der Waals surface area contributed by atoms with Gasteiger partial charge in [0, 0.05) is 19.6 Å². The van der Waals surface area contributed by atoms with E-state index < -0.39 is 6.10 Å². The normalized spacial score (nSPS) is 24.3. The zero-order valence-corrected chi connectivity index (χ0v) is 14.2. The molecule has 1 unspecified atom stereocenters. The molecular formula is C15H24BrN3O2. The van der Waals surface area contributed by atoms with Crippen molar-refractivity contribution in [3.05, 3.63) is 16.4 Å². The Labute approximate surface area is 134 Å². The zero-order valence-electron chi connectivity index (χ0n) is 12.6. The first-order valence-corrected chi connectivity index (χ1v) is 8.70. The van der Waals surface area contributed by atoms with Crippen molar-refractivity contribution in [1.82, 2.24) is 14.7 Å². The number of nitrogens with zero attached hydrogens (tertiary/aromatic N) is 3. The van der Waals surface area contributed by atoms with Gasteiger partial charge in [0.05, 0.1) is 35.1 Å². The first-order chi connectivity index (χ1) is 10.2. The van der Waals surface area contributed by atoms with Crippen LogP contribution in [0.4, 0.5) is 0 Å². The molecule has 6 heteroatoms. The van der Waals surface area contributed by atoms with Crippen LogP contribution in [-0.4, -0.2) is 51.6 Å². The van der Waals surface area contributed by atoms with Crippen molar-refractivity contribution in [1.29, 1.82) is 0 Å². The zero-order chi connectivity index (χ0) is 14.9. The molecule has 1 saturated heterocycles. The minimum atomic E-state index is -0.505. The number of rotatable bonds is 4. The lowest BCUT2D eigenvalue weighted by atomic mass is 9.85. The number of aliphatic hydroxyl groups excluding tert-OH is 1. The highest BCUT2D eigenvalue weighted by Gasteiger charge is 2.47. The van der Waals surface area contributed by atoms with E-state index in [2.05, 4.69) is 32.9 Å². The average molecular weight is 358 g/mol. The molecule has 1 aromatic rings. The van der Waals surface area contributed by atoms with Crippen LogP contribution in [0.2, 0.25) is 0 Å². The molecule has 21 heavy (non-hydrogen) atoms. The Morgan fingerprint density at radius 3 is 2.67 bits per heavy atom. The van der Waals surface area contributed by atoms with Gasteiger partial charge in [0.25, 0.3) is 0 Å². The lowest BCUT2D eigenvalue weighted by Gasteiger charge is -2.46. The molecule has 5 nitrogen and oxygen atoms in total. The summed E-state index contributed by atoms with van der Waals surface area (Å²) in [6.45, 7) is 6.19. The van der Waals surface area contributed by atoms with Gasteiger partial charge in [0.15, 0.2) is 0 Å². The Bertz CT molecular complexity index is 479. The number of hydrogen-bond acceptors (Lipinski definition) is 4. The molecule has 1 N–H and O–H groups in total. The molecule has 3 rings (SSSR count). The van der Waals surface area contributed by atoms with E-state index in [-0.39, 0.29) is 5.54 Å². The summed E-state index contributed by atoms with van der Waals surface area (Å²) in [7, 11) is 0. The van der Waals surface area contributed by atoms with Crippen molar-refractivity contribution >= 4 is 15.9 Å². The molecule has 2 aliphatic rings. The van der Waals surface area contributed by atoms with Crippen molar-refractivity contribution in [2.75, 3.05) is 26.3 Å². The molecule has 1 saturated carbocycles. The number of aliphatic hydroxyl groups is 1. The van der Waals surface area contributed by atoms with E-state index in [1.54, 1.807) is 6.20 Å². The van der Waals surface area contributed by atoms with E-state index in [4.69, 9.17) is 4.74 Å². The number of morpholine rings is 1. The van der Waals surface area contributed by atoms with Crippen LogP contribution in [0.1, 0.15) is 44.4 Å². The number of aryl methyl sites for hydroxylation is 1. The fraction of sp³-hybridized carbons (Fsp3) is 0.800. The Hall–Kier alpha value is -0.430. The highest BCUT2D eigenvalue weighted by Crippen LogP contribution is 2.46. The molecule has 2 heterocycles. The van der Waals surface area contributed by atoms with Crippen LogP contribution in [0.25, 0.3) is 0 Å². The van der Waals surface area contributed by atoms with E-state index >= 15 is 0 Å². The summed E-state index contributed by atoms with van der Waals surface area (Å²) in [5.74, 6) is 0. The average Bonchev–Trinajstić information content (AvgIpc) is 3.15. The molecule has 0 aromatic carbocycles. The summed E-state index contributed by atoms with van der Waals surface area (Å²) < 4.78 is 8.32. The maximum Gasteiger partial charge on any atom is 0.115 e. The third-order valence-electron chi connectivity index (χ3n) is 5.01. The maximum absolute atomic E-state index is 11.2. The van der Waals surface area contributed by atoms with Gasteiger partial charge in [-0.15, -0.1) is 0 Å². The third kappa shape index (κ3) is 2.67. The standard InChI is InChI=1S/C15H24BrN3O2/c1-2-19-13(12(16)11-17-19)14(20)15(5-3-4-6-15)18-7-9-21-10-8-18/h11,14,20H,2-10H2,1H3. The lowest BCUT2D eigenvalue weighted by molar-refractivity contribution is -0.0800. The quantitative estimate of drug-likeness (QED) is 0.898. The van der Waals surface area contributed by atoms with Gasteiger partial charge in [-0.3, -0.25) is 9.58 Å². The summed E-state index contributed by atoms with van der Waals surface area (Å²) in [4.78, 5) is 2.45. The van der Waals surface area contributed by atoms with Crippen LogP contribution < -0.4 is 0 Å². The topological polar surface area (TPSA) is 50.5 Å². The highest BCUT2D eigenvalue weighted by molar-refractivity contribution is 9.10. The predicted molar refractivity (Wildman–Crippen MR) is 84.2 cm³/mol. The monoisotopic (exact) mass is 357 g/mol. The number of ether oxygens (including phenoxy) is 1. The Balaban J connectivity index is 1.94. The number of hydrogen-bond donors (Lipinski definition) is 1. The van der Waals surface area contributed by atoms with Crippen molar-refractivity contribution in [2.24, 2.45) is 0 Å². The van der Waals surface area contributed by atoms with Crippen molar-refractivity contribution in [3.8, 4) is 0 Å². The highest BCUT2D eigenvalue weighted by atomic mass is 79.9. The summed E-state index contributed by atoms with van der Waals surface area (Å²) in [5, 5.41) is 15.6. The second-order valence-electron chi connectivity index (χ2n) is 6.01. The Morgan fingerprint density at radius 2 is 2.05 bits per heavy atom. The van der Waals surface area contributed by atoms with Crippen molar-refractivity contribution in [2.45, 2.75) is 50.8 Å². The van der Waals surface area contributed by atoms with Crippen LogP contribution in [0, 0.1) is 0 Å². The smallest absolute Gasteiger partial charge is 0.115 e. The van der Waals surface area contributed by atoms with E-state index in [0.29, 0.717) is 0 Å². The number of halogens is 1. The van der Waals surface area contributed by atoms with Crippen LogP contribution >= 0.6 is 15.9 Å².